The number of aryl methyl sites for hydroxylation is 2. The van der Waals surface area contributed by atoms with Crippen molar-refractivity contribution in [1.82, 2.24) is 20.2 Å². The Bertz CT molecular complexity index is 862. The Hall–Kier alpha value is -3.22. The molecule has 0 fully saturated rings. The number of rotatable bonds is 6. The molecule has 25 heavy (non-hydrogen) atoms. The zero-order chi connectivity index (χ0) is 17.6. The molecule has 0 aliphatic heterocycles. The van der Waals surface area contributed by atoms with Crippen LogP contribution in [0.4, 0.5) is 5.69 Å². The maximum atomic E-state index is 12.2. The minimum atomic E-state index is -0.0302. The van der Waals surface area contributed by atoms with Crippen LogP contribution >= 0.6 is 0 Å². The molecule has 3 rings (SSSR count). The summed E-state index contributed by atoms with van der Waals surface area (Å²) in [5.74, 6) is 0.768. The van der Waals surface area contributed by atoms with Gasteiger partial charge in [0, 0.05) is 12.1 Å². The Morgan fingerprint density at radius 3 is 2.84 bits per heavy atom. The van der Waals surface area contributed by atoms with Gasteiger partial charge in [0.25, 0.3) is 0 Å². The molecule has 0 bridgehead atoms. The lowest BCUT2D eigenvalue weighted by Crippen LogP contribution is -2.12. The van der Waals surface area contributed by atoms with E-state index in [-0.39, 0.29) is 5.91 Å². The SMILES string of the molecule is COc1cccc(CCC(=O)Nc2ccc(-n3cnnn3)c(C)c2)c1. The summed E-state index contributed by atoms with van der Waals surface area (Å²) in [5, 5.41) is 14.1. The van der Waals surface area contributed by atoms with Crippen molar-refractivity contribution in [2.45, 2.75) is 19.8 Å². The molecule has 0 saturated heterocycles. The lowest BCUT2D eigenvalue weighted by molar-refractivity contribution is -0.116. The minimum Gasteiger partial charge on any atom is -0.497 e. The Kier molecular flexibility index (Phi) is 5.03. The van der Waals surface area contributed by atoms with Crippen molar-refractivity contribution < 1.29 is 9.53 Å². The highest BCUT2D eigenvalue weighted by Gasteiger charge is 2.07. The summed E-state index contributed by atoms with van der Waals surface area (Å²) >= 11 is 0. The highest BCUT2D eigenvalue weighted by molar-refractivity contribution is 5.91. The summed E-state index contributed by atoms with van der Waals surface area (Å²) in [7, 11) is 1.63. The third kappa shape index (κ3) is 4.20. The van der Waals surface area contributed by atoms with E-state index in [1.807, 2.05) is 49.4 Å². The molecule has 0 spiro atoms. The average Bonchev–Trinajstić information content (AvgIpc) is 3.14. The summed E-state index contributed by atoms with van der Waals surface area (Å²) in [5.41, 5.74) is 3.67. The summed E-state index contributed by atoms with van der Waals surface area (Å²) in [6.07, 6.45) is 2.60. The number of methoxy groups -OCH3 is 1. The fourth-order valence-corrected chi connectivity index (χ4v) is 2.57. The number of hydrogen-bond donors (Lipinski definition) is 1. The molecule has 1 N–H and O–H groups in total. The van der Waals surface area contributed by atoms with Gasteiger partial charge in [0.05, 0.1) is 12.8 Å². The van der Waals surface area contributed by atoms with Crippen LogP contribution < -0.4 is 10.1 Å². The molecule has 7 nitrogen and oxygen atoms in total. The number of benzene rings is 2. The maximum Gasteiger partial charge on any atom is 0.224 e. The topological polar surface area (TPSA) is 81.9 Å². The normalized spacial score (nSPS) is 10.5. The molecule has 1 aromatic heterocycles. The van der Waals surface area contributed by atoms with Crippen molar-refractivity contribution in [2.24, 2.45) is 0 Å². The third-order valence-electron chi connectivity index (χ3n) is 3.85. The maximum absolute atomic E-state index is 12.2. The van der Waals surface area contributed by atoms with Crippen LogP contribution in [0.1, 0.15) is 17.5 Å². The second-order valence-corrected chi connectivity index (χ2v) is 5.66. The van der Waals surface area contributed by atoms with Crippen LogP contribution in [0.25, 0.3) is 5.69 Å². The number of hydrogen-bond acceptors (Lipinski definition) is 5. The standard InChI is InChI=1S/C18H19N5O2/c1-13-10-15(7-8-17(13)23-12-19-21-22-23)20-18(24)9-6-14-4-3-5-16(11-14)25-2/h3-5,7-8,10-12H,6,9H2,1-2H3,(H,20,24). The second-order valence-electron chi connectivity index (χ2n) is 5.66. The van der Waals surface area contributed by atoms with Crippen LogP contribution in [0.5, 0.6) is 5.75 Å². The van der Waals surface area contributed by atoms with Crippen molar-refractivity contribution in [3.05, 3.63) is 59.9 Å². The van der Waals surface area contributed by atoms with Gasteiger partial charge in [-0.05, 0) is 65.2 Å². The summed E-state index contributed by atoms with van der Waals surface area (Å²) < 4.78 is 6.78. The molecule has 0 aliphatic carbocycles. The van der Waals surface area contributed by atoms with E-state index in [4.69, 9.17) is 4.74 Å². The molecule has 0 aliphatic rings. The quantitative estimate of drug-likeness (QED) is 0.747. The number of ether oxygens (including phenoxy) is 1. The fourth-order valence-electron chi connectivity index (χ4n) is 2.57. The van der Waals surface area contributed by atoms with E-state index in [9.17, 15) is 4.79 Å². The average molecular weight is 337 g/mol. The van der Waals surface area contributed by atoms with Gasteiger partial charge in [-0.1, -0.05) is 12.1 Å². The van der Waals surface area contributed by atoms with Crippen molar-refractivity contribution in [3.8, 4) is 11.4 Å². The molecule has 0 saturated carbocycles. The first kappa shape index (κ1) is 16.6. The Balaban J connectivity index is 1.60. The van der Waals surface area contributed by atoms with Gasteiger partial charge in [0.15, 0.2) is 0 Å². The third-order valence-corrected chi connectivity index (χ3v) is 3.85. The van der Waals surface area contributed by atoms with E-state index in [1.165, 1.54) is 6.33 Å². The van der Waals surface area contributed by atoms with Gasteiger partial charge in [-0.2, -0.15) is 0 Å². The minimum absolute atomic E-state index is 0.0302. The lowest BCUT2D eigenvalue weighted by atomic mass is 10.1. The number of tetrazole rings is 1. The van der Waals surface area contributed by atoms with Crippen LogP contribution in [-0.4, -0.2) is 33.2 Å². The van der Waals surface area contributed by atoms with Gasteiger partial charge in [-0.15, -0.1) is 5.10 Å². The van der Waals surface area contributed by atoms with Gasteiger partial charge in [-0.25, -0.2) is 4.68 Å². The van der Waals surface area contributed by atoms with E-state index >= 15 is 0 Å². The Morgan fingerprint density at radius 1 is 1.24 bits per heavy atom. The van der Waals surface area contributed by atoms with Crippen LogP contribution in [-0.2, 0) is 11.2 Å². The zero-order valence-electron chi connectivity index (χ0n) is 14.1. The Morgan fingerprint density at radius 2 is 2.12 bits per heavy atom. The lowest BCUT2D eigenvalue weighted by Gasteiger charge is -2.09. The number of nitrogens with zero attached hydrogens (tertiary/aromatic N) is 4. The van der Waals surface area contributed by atoms with E-state index in [0.717, 1.165) is 28.3 Å². The second kappa shape index (κ2) is 7.57. The van der Waals surface area contributed by atoms with Crippen molar-refractivity contribution in [3.63, 3.8) is 0 Å². The molecule has 128 valence electrons. The molecule has 7 heteroatoms. The van der Waals surface area contributed by atoms with Crippen LogP contribution in [0.2, 0.25) is 0 Å². The zero-order valence-corrected chi connectivity index (χ0v) is 14.1. The molecule has 0 unspecified atom stereocenters. The number of carbonyl (C=O) groups is 1. The highest BCUT2D eigenvalue weighted by Crippen LogP contribution is 2.18. The van der Waals surface area contributed by atoms with Crippen LogP contribution in [0.15, 0.2) is 48.8 Å². The molecule has 3 aromatic rings. The summed E-state index contributed by atoms with van der Waals surface area (Å²) in [6.45, 7) is 1.95. The van der Waals surface area contributed by atoms with Crippen LogP contribution in [0.3, 0.4) is 0 Å². The first-order chi connectivity index (χ1) is 12.2. The molecule has 1 amide bonds. The van der Waals surface area contributed by atoms with Crippen molar-refractivity contribution in [1.29, 1.82) is 0 Å². The van der Waals surface area contributed by atoms with Gasteiger partial charge in [0.1, 0.15) is 12.1 Å². The first-order valence-electron chi connectivity index (χ1n) is 7.92. The molecule has 2 aromatic carbocycles. The predicted octanol–water partition coefficient (Wildman–Crippen LogP) is 2.55. The van der Waals surface area contributed by atoms with E-state index < -0.39 is 0 Å². The van der Waals surface area contributed by atoms with E-state index in [0.29, 0.717) is 12.8 Å². The predicted molar refractivity (Wildman–Crippen MR) is 93.8 cm³/mol. The van der Waals surface area contributed by atoms with E-state index in [2.05, 4.69) is 20.8 Å². The summed E-state index contributed by atoms with van der Waals surface area (Å²) in [4.78, 5) is 12.2. The van der Waals surface area contributed by atoms with Gasteiger partial charge in [-0.3, -0.25) is 4.79 Å². The van der Waals surface area contributed by atoms with Crippen molar-refractivity contribution >= 4 is 11.6 Å². The smallest absolute Gasteiger partial charge is 0.224 e. The van der Waals surface area contributed by atoms with Gasteiger partial charge >= 0.3 is 0 Å². The molecule has 1 heterocycles. The van der Waals surface area contributed by atoms with Crippen LogP contribution in [0, 0.1) is 6.92 Å². The number of amides is 1. The molecule has 0 atom stereocenters. The van der Waals surface area contributed by atoms with Gasteiger partial charge < -0.3 is 10.1 Å². The number of aromatic nitrogens is 4. The number of anilines is 1. The summed E-state index contributed by atoms with van der Waals surface area (Å²) in [6, 6.07) is 13.4. The number of nitrogens with one attached hydrogen (secondary N) is 1. The van der Waals surface area contributed by atoms with E-state index in [1.54, 1.807) is 11.8 Å². The van der Waals surface area contributed by atoms with Crippen molar-refractivity contribution in [2.75, 3.05) is 12.4 Å². The molecule has 0 radical (unpaired) electrons. The molecular weight excluding hydrogens is 318 g/mol. The first-order valence-corrected chi connectivity index (χ1v) is 7.92. The monoisotopic (exact) mass is 337 g/mol. The molecular formula is C18H19N5O2. The Labute approximate surface area is 145 Å². The largest absolute Gasteiger partial charge is 0.497 e. The highest BCUT2D eigenvalue weighted by atomic mass is 16.5. The fraction of sp³-hybridized carbons (Fsp3) is 0.222. The van der Waals surface area contributed by atoms with Gasteiger partial charge in [0.2, 0.25) is 5.91 Å². The number of carbonyl (C=O) groups excluding carboxylic acids is 1.